The molecule has 0 N–H and O–H groups in total. The van der Waals surface area contributed by atoms with Crippen LogP contribution in [-0.2, 0) is 0 Å². The minimum atomic E-state index is -0.478. The maximum absolute atomic E-state index is 13.2. The topological polar surface area (TPSA) is 85.0 Å². The Kier molecular flexibility index (Phi) is 5.82. The van der Waals surface area contributed by atoms with Gasteiger partial charge in [-0.05, 0) is 44.2 Å². The molecule has 0 saturated carbocycles. The zero-order valence-corrected chi connectivity index (χ0v) is 19.0. The number of pyridine rings is 1. The van der Waals surface area contributed by atoms with Crippen LogP contribution in [0.25, 0.3) is 45.0 Å². The zero-order valence-electron chi connectivity index (χ0n) is 19.0. The van der Waals surface area contributed by atoms with Crippen LogP contribution in [0.3, 0.4) is 0 Å². The number of hydrogen-bond acceptors (Lipinski definition) is 7. The number of fused-ring (bicyclic) bond motifs is 1. The predicted octanol–water partition coefficient (Wildman–Crippen LogP) is 5.22. The summed E-state index contributed by atoms with van der Waals surface area (Å²) in [5.74, 6) is 0.339. The predicted molar refractivity (Wildman–Crippen MR) is 134 cm³/mol. The molecule has 5 aromatic rings. The van der Waals surface area contributed by atoms with Gasteiger partial charge in [-0.25, -0.2) is 9.78 Å². The van der Waals surface area contributed by atoms with Crippen molar-refractivity contribution in [2.45, 2.75) is 13.8 Å². The van der Waals surface area contributed by atoms with Gasteiger partial charge in [-0.15, -0.1) is 10.2 Å². The fourth-order valence-electron chi connectivity index (χ4n) is 3.96. The lowest BCUT2D eigenvalue weighted by atomic mass is 10.0. The Balaban J connectivity index is 1.71. The van der Waals surface area contributed by atoms with Crippen LogP contribution in [0.2, 0.25) is 0 Å². The summed E-state index contributed by atoms with van der Waals surface area (Å²) in [6.45, 7) is 5.93. The van der Waals surface area contributed by atoms with Gasteiger partial charge in [-0.2, -0.15) is 0 Å². The van der Waals surface area contributed by atoms with Crippen molar-refractivity contribution in [3.63, 3.8) is 0 Å². The fourth-order valence-corrected chi connectivity index (χ4v) is 3.96. The number of hydrogen-bond donors (Lipinski definition) is 0. The molecule has 0 bridgehead atoms. The summed E-state index contributed by atoms with van der Waals surface area (Å²) in [5, 5.41) is 9.54. The normalized spacial score (nSPS) is 11.0. The highest BCUT2D eigenvalue weighted by Crippen LogP contribution is 2.30. The van der Waals surface area contributed by atoms with Gasteiger partial charge in [0.1, 0.15) is 22.7 Å². The quantitative estimate of drug-likeness (QED) is 0.329. The Bertz CT molecular complexity index is 1500. The Labute approximate surface area is 196 Å². The lowest BCUT2D eigenvalue weighted by Crippen LogP contribution is -2.21. The first-order valence-corrected chi connectivity index (χ1v) is 11.2. The molecule has 7 nitrogen and oxygen atoms in total. The lowest BCUT2D eigenvalue weighted by Gasteiger charge is -2.21. The Morgan fingerprint density at radius 1 is 0.853 bits per heavy atom. The number of benzene rings is 2. The third-order valence-corrected chi connectivity index (χ3v) is 5.73. The van der Waals surface area contributed by atoms with E-state index >= 15 is 0 Å². The first-order valence-electron chi connectivity index (χ1n) is 11.2. The van der Waals surface area contributed by atoms with E-state index in [0.29, 0.717) is 34.1 Å². The molecule has 3 aromatic heterocycles. The van der Waals surface area contributed by atoms with Crippen LogP contribution < -0.4 is 10.5 Å². The molecule has 34 heavy (non-hydrogen) atoms. The molecule has 0 fully saturated rings. The molecule has 5 rings (SSSR count). The highest BCUT2D eigenvalue weighted by atomic mass is 16.4. The first-order chi connectivity index (χ1) is 16.7. The molecule has 168 valence electrons. The van der Waals surface area contributed by atoms with Gasteiger partial charge in [-0.1, -0.05) is 36.4 Å². The van der Waals surface area contributed by atoms with Crippen LogP contribution in [-0.4, -0.2) is 33.3 Å². The maximum atomic E-state index is 13.2. The molecule has 0 radical (unpaired) electrons. The minimum absolute atomic E-state index is 0.328. The molecule has 2 aromatic carbocycles. The summed E-state index contributed by atoms with van der Waals surface area (Å²) >= 11 is 0. The minimum Gasteiger partial charge on any atom is -0.422 e. The van der Waals surface area contributed by atoms with E-state index in [1.54, 1.807) is 12.3 Å². The van der Waals surface area contributed by atoms with Gasteiger partial charge < -0.3 is 9.32 Å². The Hall–Kier alpha value is -4.39. The second-order valence-electron chi connectivity index (χ2n) is 7.76. The Morgan fingerprint density at radius 3 is 2.38 bits per heavy atom. The van der Waals surface area contributed by atoms with Crippen LogP contribution in [0.1, 0.15) is 13.8 Å². The summed E-state index contributed by atoms with van der Waals surface area (Å²) in [7, 11) is 0. The van der Waals surface area contributed by atoms with Crippen molar-refractivity contribution < 1.29 is 4.42 Å². The van der Waals surface area contributed by atoms with E-state index in [4.69, 9.17) is 9.40 Å². The first kappa shape index (κ1) is 21.5. The molecule has 0 saturated heterocycles. The standard InChI is InChI=1S/C27H23N5O2/c1-3-32(4-2)20-14-13-19-16-21(27(33)34-23(19)17-20)25-24(18-10-6-5-7-11-18)30-31-26(29-25)22-12-8-9-15-28-22/h5-17H,3-4H2,1-2H3. The highest BCUT2D eigenvalue weighted by molar-refractivity contribution is 5.87. The Morgan fingerprint density at radius 2 is 1.65 bits per heavy atom. The van der Waals surface area contributed by atoms with E-state index in [0.717, 1.165) is 29.7 Å². The molecule has 7 heteroatoms. The van der Waals surface area contributed by atoms with Crippen LogP contribution in [0.5, 0.6) is 0 Å². The number of anilines is 1. The monoisotopic (exact) mass is 449 g/mol. The van der Waals surface area contributed by atoms with Crippen molar-refractivity contribution in [2.24, 2.45) is 0 Å². The van der Waals surface area contributed by atoms with Crippen LogP contribution in [0.4, 0.5) is 5.69 Å². The van der Waals surface area contributed by atoms with E-state index < -0.39 is 5.63 Å². The van der Waals surface area contributed by atoms with Crippen LogP contribution >= 0.6 is 0 Å². The molecular formula is C27H23N5O2. The van der Waals surface area contributed by atoms with Gasteiger partial charge >= 0.3 is 5.63 Å². The smallest absolute Gasteiger partial charge is 0.345 e. The average molecular weight is 450 g/mol. The summed E-state index contributed by atoms with van der Waals surface area (Å²) < 4.78 is 5.78. The van der Waals surface area contributed by atoms with Gasteiger partial charge in [0.15, 0.2) is 0 Å². The molecule has 0 aliphatic carbocycles. The molecule has 0 atom stereocenters. The van der Waals surface area contributed by atoms with Crippen LogP contribution in [0.15, 0.2) is 88.2 Å². The zero-order chi connectivity index (χ0) is 23.5. The second kappa shape index (κ2) is 9.23. The average Bonchev–Trinajstić information content (AvgIpc) is 2.89. The molecule has 0 amide bonds. The van der Waals surface area contributed by atoms with Gasteiger partial charge in [0.25, 0.3) is 0 Å². The molecule has 0 aliphatic rings. The molecule has 0 spiro atoms. The number of nitrogens with zero attached hydrogens (tertiary/aromatic N) is 5. The van der Waals surface area contributed by atoms with Crippen LogP contribution in [0, 0.1) is 0 Å². The summed E-state index contributed by atoms with van der Waals surface area (Å²) in [5.41, 5.74) is 3.69. The lowest BCUT2D eigenvalue weighted by molar-refractivity contribution is 0.563. The summed E-state index contributed by atoms with van der Waals surface area (Å²) in [6, 6.07) is 22.8. The summed E-state index contributed by atoms with van der Waals surface area (Å²) in [6.07, 6.45) is 1.67. The van der Waals surface area contributed by atoms with E-state index in [-0.39, 0.29) is 0 Å². The van der Waals surface area contributed by atoms with Crippen molar-refractivity contribution in [3.05, 3.63) is 89.4 Å². The largest absolute Gasteiger partial charge is 0.422 e. The third-order valence-electron chi connectivity index (χ3n) is 5.73. The van der Waals surface area contributed by atoms with Crippen molar-refractivity contribution in [1.29, 1.82) is 0 Å². The van der Waals surface area contributed by atoms with Gasteiger partial charge in [0, 0.05) is 42.0 Å². The fraction of sp³-hybridized carbons (Fsp3) is 0.148. The van der Waals surface area contributed by atoms with Gasteiger partial charge in [0.2, 0.25) is 5.82 Å². The van der Waals surface area contributed by atoms with E-state index in [9.17, 15) is 4.79 Å². The SMILES string of the molecule is CCN(CC)c1ccc2cc(-c3nc(-c4ccccn4)nnc3-c3ccccc3)c(=O)oc2c1. The van der Waals surface area contributed by atoms with Crippen molar-refractivity contribution in [1.82, 2.24) is 20.2 Å². The van der Waals surface area contributed by atoms with Gasteiger partial charge in [-0.3, -0.25) is 4.98 Å². The second-order valence-corrected chi connectivity index (χ2v) is 7.76. The molecule has 0 aliphatic heterocycles. The number of aromatic nitrogens is 4. The van der Waals surface area contributed by atoms with Gasteiger partial charge in [0.05, 0.1) is 5.56 Å². The third kappa shape index (κ3) is 4.03. The molecule has 3 heterocycles. The highest BCUT2D eigenvalue weighted by Gasteiger charge is 2.19. The van der Waals surface area contributed by atoms with E-state index in [2.05, 4.69) is 33.9 Å². The van der Waals surface area contributed by atoms with Crippen molar-refractivity contribution in [2.75, 3.05) is 18.0 Å². The maximum Gasteiger partial charge on any atom is 0.345 e. The van der Waals surface area contributed by atoms with Crippen molar-refractivity contribution in [3.8, 4) is 34.0 Å². The molecular weight excluding hydrogens is 426 g/mol. The van der Waals surface area contributed by atoms with E-state index in [1.165, 1.54) is 0 Å². The molecule has 0 unspecified atom stereocenters. The number of rotatable bonds is 6. The summed E-state index contributed by atoms with van der Waals surface area (Å²) in [4.78, 5) is 24.5. The van der Waals surface area contributed by atoms with Crippen molar-refractivity contribution >= 4 is 16.7 Å². The van der Waals surface area contributed by atoms with E-state index in [1.807, 2.05) is 66.7 Å².